The lowest BCUT2D eigenvalue weighted by Crippen LogP contribution is -2.48. The minimum Gasteiger partial charge on any atom is -0.477 e. The van der Waals surface area contributed by atoms with Crippen LogP contribution in [0, 0.1) is 0 Å². The molecule has 20 heavy (non-hydrogen) atoms. The van der Waals surface area contributed by atoms with Crippen molar-refractivity contribution >= 4 is 12.0 Å². The summed E-state index contributed by atoms with van der Waals surface area (Å²) in [5.74, 6) is -1.07. The van der Waals surface area contributed by atoms with Gasteiger partial charge in [0.25, 0.3) is 0 Å². The topological polar surface area (TPSA) is 91.3 Å². The molecule has 0 aliphatic carbocycles. The molecule has 3 N–H and O–H groups in total. The molecular weight excluding hydrogens is 258 g/mol. The van der Waals surface area contributed by atoms with Crippen LogP contribution in [0.3, 0.4) is 0 Å². The highest BCUT2D eigenvalue weighted by atomic mass is 16.4. The molecule has 0 saturated carbocycles. The van der Waals surface area contributed by atoms with E-state index in [-0.39, 0.29) is 17.3 Å². The van der Waals surface area contributed by atoms with Crippen molar-refractivity contribution in [3.63, 3.8) is 0 Å². The van der Waals surface area contributed by atoms with Crippen LogP contribution in [0.25, 0.3) is 0 Å². The van der Waals surface area contributed by atoms with Gasteiger partial charge >= 0.3 is 12.0 Å². The Bertz CT molecular complexity index is 469. The Morgan fingerprint density at radius 3 is 2.55 bits per heavy atom. The first-order chi connectivity index (χ1) is 9.34. The van der Waals surface area contributed by atoms with Crippen molar-refractivity contribution in [3.8, 4) is 0 Å². The summed E-state index contributed by atoms with van der Waals surface area (Å²) in [5, 5.41) is 14.3. The fourth-order valence-electron chi connectivity index (χ4n) is 1.88. The second-order valence-corrected chi connectivity index (χ2v) is 5.30. The summed E-state index contributed by atoms with van der Waals surface area (Å²) in [6.45, 7) is 6.32. The van der Waals surface area contributed by atoms with Crippen LogP contribution in [-0.4, -0.2) is 27.6 Å². The third kappa shape index (κ3) is 5.26. The van der Waals surface area contributed by atoms with Crippen LogP contribution in [0.15, 0.2) is 18.3 Å². The lowest BCUT2D eigenvalue weighted by molar-refractivity contribution is 0.0690. The molecule has 0 atom stereocenters. The van der Waals surface area contributed by atoms with E-state index in [0.29, 0.717) is 6.54 Å². The molecule has 0 aromatic carbocycles. The van der Waals surface area contributed by atoms with Gasteiger partial charge in [-0.3, -0.25) is 0 Å². The van der Waals surface area contributed by atoms with Gasteiger partial charge in [0.05, 0.1) is 0 Å². The van der Waals surface area contributed by atoms with E-state index in [4.69, 9.17) is 5.11 Å². The Kier molecular flexibility index (Phi) is 5.49. The smallest absolute Gasteiger partial charge is 0.354 e. The molecule has 0 radical (unpaired) electrons. The number of carbonyl (C=O) groups excluding carboxylic acids is 1. The van der Waals surface area contributed by atoms with E-state index in [1.165, 1.54) is 12.3 Å². The van der Waals surface area contributed by atoms with Gasteiger partial charge in [-0.15, -0.1) is 0 Å². The first-order valence-electron chi connectivity index (χ1n) is 6.58. The molecule has 0 aliphatic heterocycles. The van der Waals surface area contributed by atoms with Crippen LogP contribution in [0.4, 0.5) is 4.79 Å². The van der Waals surface area contributed by atoms with Crippen molar-refractivity contribution in [3.05, 3.63) is 29.6 Å². The molecule has 0 bridgehead atoms. The molecule has 2 amide bonds. The highest BCUT2D eigenvalue weighted by Crippen LogP contribution is 2.10. The molecule has 0 unspecified atom stereocenters. The summed E-state index contributed by atoms with van der Waals surface area (Å²) >= 11 is 0. The number of urea groups is 1. The predicted molar refractivity (Wildman–Crippen MR) is 75.6 cm³/mol. The molecule has 0 fully saturated rings. The zero-order valence-electron chi connectivity index (χ0n) is 12.1. The summed E-state index contributed by atoms with van der Waals surface area (Å²) in [4.78, 5) is 26.2. The first kappa shape index (κ1) is 15.9. The Morgan fingerprint density at radius 2 is 2.05 bits per heavy atom. The Labute approximate surface area is 118 Å². The SMILES string of the molecule is CCCC(C)(C)NC(=O)NCc1ccc(C(=O)O)nc1. The molecule has 0 saturated heterocycles. The van der Waals surface area contributed by atoms with E-state index in [0.717, 1.165) is 18.4 Å². The van der Waals surface area contributed by atoms with Crippen LogP contribution < -0.4 is 10.6 Å². The molecular formula is C14H21N3O3. The Balaban J connectivity index is 2.46. The van der Waals surface area contributed by atoms with Gasteiger partial charge in [0, 0.05) is 18.3 Å². The number of hydrogen-bond acceptors (Lipinski definition) is 3. The maximum atomic E-state index is 11.7. The number of carboxylic acids is 1. The third-order valence-electron chi connectivity index (χ3n) is 2.82. The van der Waals surface area contributed by atoms with Crippen molar-refractivity contribution in [2.75, 3.05) is 0 Å². The monoisotopic (exact) mass is 279 g/mol. The summed E-state index contributed by atoms with van der Waals surface area (Å²) in [7, 11) is 0. The summed E-state index contributed by atoms with van der Waals surface area (Å²) < 4.78 is 0. The standard InChI is InChI=1S/C14H21N3O3/c1-4-7-14(2,3)17-13(20)16-9-10-5-6-11(12(18)19)15-8-10/h5-6,8H,4,7,9H2,1-3H3,(H,18,19)(H2,16,17,20). The average molecular weight is 279 g/mol. The number of aromatic carboxylic acids is 1. The van der Waals surface area contributed by atoms with Crippen molar-refractivity contribution in [1.82, 2.24) is 15.6 Å². The molecule has 1 rings (SSSR count). The van der Waals surface area contributed by atoms with E-state index in [1.54, 1.807) is 6.07 Å². The molecule has 1 heterocycles. The number of rotatable bonds is 6. The van der Waals surface area contributed by atoms with Crippen molar-refractivity contribution < 1.29 is 14.7 Å². The highest BCUT2D eigenvalue weighted by Gasteiger charge is 2.18. The average Bonchev–Trinajstić information content (AvgIpc) is 2.36. The largest absolute Gasteiger partial charge is 0.477 e. The summed E-state index contributed by atoms with van der Waals surface area (Å²) in [6, 6.07) is 2.80. The molecule has 1 aromatic rings. The minimum absolute atomic E-state index is 0.0118. The second-order valence-electron chi connectivity index (χ2n) is 5.30. The lowest BCUT2D eigenvalue weighted by Gasteiger charge is -2.25. The maximum Gasteiger partial charge on any atom is 0.354 e. The van der Waals surface area contributed by atoms with E-state index in [9.17, 15) is 9.59 Å². The van der Waals surface area contributed by atoms with Gasteiger partial charge < -0.3 is 15.7 Å². The van der Waals surface area contributed by atoms with Crippen molar-refractivity contribution in [2.45, 2.75) is 45.7 Å². The molecule has 6 nitrogen and oxygen atoms in total. The van der Waals surface area contributed by atoms with Gasteiger partial charge in [-0.2, -0.15) is 0 Å². The normalized spacial score (nSPS) is 10.9. The zero-order valence-corrected chi connectivity index (χ0v) is 12.1. The van der Waals surface area contributed by atoms with Crippen LogP contribution in [0.2, 0.25) is 0 Å². The lowest BCUT2D eigenvalue weighted by atomic mass is 9.99. The molecule has 6 heteroatoms. The Morgan fingerprint density at radius 1 is 1.35 bits per heavy atom. The van der Waals surface area contributed by atoms with Gasteiger partial charge in [0.2, 0.25) is 0 Å². The predicted octanol–water partition coefficient (Wildman–Crippen LogP) is 2.16. The maximum absolute atomic E-state index is 11.7. The zero-order chi connectivity index (χ0) is 15.2. The van der Waals surface area contributed by atoms with Crippen molar-refractivity contribution in [1.29, 1.82) is 0 Å². The fraction of sp³-hybridized carbons (Fsp3) is 0.500. The number of hydrogen-bond donors (Lipinski definition) is 3. The van der Waals surface area contributed by atoms with Gasteiger partial charge in [-0.1, -0.05) is 19.4 Å². The van der Waals surface area contributed by atoms with Gasteiger partial charge in [0.1, 0.15) is 5.69 Å². The van der Waals surface area contributed by atoms with Crippen LogP contribution in [0.5, 0.6) is 0 Å². The number of nitrogens with zero attached hydrogens (tertiary/aromatic N) is 1. The van der Waals surface area contributed by atoms with E-state index in [1.807, 2.05) is 13.8 Å². The highest BCUT2D eigenvalue weighted by molar-refractivity contribution is 5.85. The summed E-state index contributed by atoms with van der Waals surface area (Å²) in [6.07, 6.45) is 3.34. The number of carbonyl (C=O) groups is 2. The van der Waals surface area contributed by atoms with Crippen molar-refractivity contribution in [2.24, 2.45) is 0 Å². The minimum atomic E-state index is -1.07. The van der Waals surface area contributed by atoms with Gasteiger partial charge in [0.15, 0.2) is 0 Å². The van der Waals surface area contributed by atoms with E-state index in [2.05, 4.69) is 22.5 Å². The van der Waals surface area contributed by atoms with Crippen LogP contribution in [-0.2, 0) is 6.54 Å². The number of aromatic nitrogens is 1. The number of amides is 2. The van der Waals surface area contributed by atoms with Gasteiger partial charge in [-0.05, 0) is 31.9 Å². The number of nitrogens with one attached hydrogen (secondary N) is 2. The third-order valence-corrected chi connectivity index (χ3v) is 2.82. The second kappa shape index (κ2) is 6.88. The molecule has 1 aromatic heterocycles. The summed E-state index contributed by atoms with van der Waals surface area (Å²) in [5.41, 5.74) is 0.491. The fourth-order valence-corrected chi connectivity index (χ4v) is 1.88. The van der Waals surface area contributed by atoms with E-state index < -0.39 is 5.97 Å². The van der Waals surface area contributed by atoms with Crippen LogP contribution in [0.1, 0.15) is 49.7 Å². The quantitative estimate of drug-likeness (QED) is 0.744. The van der Waals surface area contributed by atoms with E-state index >= 15 is 0 Å². The molecule has 0 spiro atoms. The van der Waals surface area contributed by atoms with Gasteiger partial charge in [-0.25, -0.2) is 14.6 Å². The molecule has 0 aliphatic rings. The van der Waals surface area contributed by atoms with Crippen LogP contribution >= 0.6 is 0 Å². The first-order valence-corrected chi connectivity index (χ1v) is 6.58. The molecule has 110 valence electrons. The number of pyridine rings is 1. The Hall–Kier alpha value is -2.11. The number of carboxylic acid groups (broad SMARTS) is 1.